The number of carboxylic acid groups (broad SMARTS) is 1. The fourth-order valence-corrected chi connectivity index (χ4v) is 3.42. The standard InChI is InChI=1S/C15H20N2O3S/c1-9(2)14-16-13-11(15(18)19)6-5-7-12(13)17(14)10(3)8-21(4)20/h5-7,9-10H,8H2,1-4H3,(H,18,19). The Labute approximate surface area is 126 Å². The summed E-state index contributed by atoms with van der Waals surface area (Å²) >= 11 is 0. The van der Waals surface area contributed by atoms with Crippen molar-refractivity contribution >= 4 is 27.8 Å². The van der Waals surface area contributed by atoms with E-state index in [4.69, 9.17) is 0 Å². The third-order valence-corrected chi connectivity index (χ3v) is 4.36. The predicted molar refractivity (Wildman–Crippen MR) is 84.4 cm³/mol. The van der Waals surface area contributed by atoms with Crippen LogP contribution in [0.3, 0.4) is 0 Å². The summed E-state index contributed by atoms with van der Waals surface area (Å²) < 4.78 is 13.5. The van der Waals surface area contributed by atoms with Crippen LogP contribution in [0.25, 0.3) is 11.0 Å². The van der Waals surface area contributed by atoms with Gasteiger partial charge in [-0.1, -0.05) is 19.9 Å². The monoisotopic (exact) mass is 308 g/mol. The lowest BCUT2D eigenvalue weighted by atomic mass is 10.2. The van der Waals surface area contributed by atoms with Crippen molar-refractivity contribution in [3.05, 3.63) is 29.6 Å². The molecule has 0 saturated heterocycles. The summed E-state index contributed by atoms with van der Waals surface area (Å²) in [4.78, 5) is 15.9. The molecule has 0 radical (unpaired) electrons. The lowest BCUT2D eigenvalue weighted by Gasteiger charge is -2.18. The number of benzene rings is 1. The normalized spacial score (nSPS) is 14.5. The summed E-state index contributed by atoms with van der Waals surface area (Å²) in [5, 5.41) is 9.31. The first-order valence-corrected chi connectivity index (χ1v) is 8.59. The van der Waals surface area contributed by atoms with Gasteiger partial charge in [0.05, 0.1) is 11.1 Å². The molecule has 0 bridgehead atoms. The maximum absolute atomic E-state index is 11.5. The van der Waals surface area contributed by atoms with Crippen LogP contribution < -0.4 is 0 Å². The number of hydrogen-bond donors (Lipinski definition) is 1. The van der Waals surface area contributed by atoms with E-state index in [2.05, 4.69) is 4.98 Å². The van der Waals surface area contributed by atoms with Crippen LogP contribution in [0.15, 0.2) is 18.2 Å². The molecule has 0 spiro atoms. The van der Waals surface area contributed by atoms with Crippen LogP contribution in [0, 0.1) is 0 Å². The molecule has 0 aliphatic heterocycles. The van der Waals surface area contributed by atoms with Gasteiger partial charge in [0.15, 0.2) is 0 Å². The summed E-state index contributed by atoms with van der Waals surface area (Å²) in [7, 11) is -0.924. The van der Waals surface area contributed by atoms with E-state index in [1.807, 2.05) is 31.4 Å². The van der Waals surface area contributed by atoms with Crippen molar-refractivity contribution < 1.29 is 14.1 Å². The van der Waals surface area contributed by atoms with Gasteiger partial charge in [0.25, 0.3) is 0 Å². The van der Waals surface area contributed by atoms with Crippen molar-refractivity contribution in [3.63, 3.8) is 0 Å². The number of nitrogens with zero attached hydrogens (tertiary/aromatic N) is 2. The van der Waals surface area contributed by atoms with Gasteiger partial charge in [-0.2, -0.15) is 0 Å². The Bertz CT molecular complexity index is 706. The van der Waals surface area contributed by atoms with Crippen molar-refractivity contribution in [2.75, 3.05) is 12.0 Å². The maximum Gasteiger partial charge on any atom is 0.337 e. The first-order valence-electron chi connectivity index (χ1n) is 6.87. The predicted octanol–water partition coefficient (Wildman–Crippen LogP) is 2.80. The molecule has 1 N–H and O–H groups in total. The van der Waals surface area contributed by atoms with E-state index in [-0.39, 0.29) is 17.5 Å². The Morgan fingerprint density at radius 2 is 2.05 bits per heavy atom. The van der Waals surface area contributed by atoms with Crippen LogP contribution in [-0.4, -0.2) is 36.8 Å². The number of carbonyl (C=O) groups is 1. The van der Waals surface area contributed by atoms with E-state index >= 15 is 0 Å². The van der Waals surface area contributed by atoms with Gasteiger partial charge >= 0.3 is 5.97 Å². The second kappa shape index (κ2) is 5.97. The van der Waals surface area contributed by atoms with Crippen LogP contribution in [-0.2, 0) is 10.8 Å². The Morgan fingerprint density at radius 3 is 2.57 bits per heavy atom. The average molecular weight is 308 g/mol. The van der Waals surface area contributed by atoms with E-state index in [0.29, 0.717) is 11.3 Å². The second-order valence-electron chi connectivity index (χ2n) is 5.56. The van der Waals surface area contributed by atoms with Gasteiger partial charge < -0.3 is 9.67 Å². The number of hydrogen-bond acceptors (Lipinski definition) is 3. The Balaban J connectivity index is 2.72. The highest BCUT2D eigenvalue weighted by atomic mass is 32.2. The van der Waals surface area contributed by atoms with Crippen molar-refractivity contribution in [2.24, 2.45) is 0 Å². The Kier molecular flexibility index (Phi) is 4.46. The molecule has 5 nitrogen and oxygen atoms in total. The number of aromatic carboxylic acids is 1. The summed E-state index contributed by atoms with van der Waals surface area (Å²) in [6, 6.07) is 5.16. The number of rotatable bonds is 5. The van der Waals surface area contributed by atoms with Crippen molar-refractivity contribution in [3.8, 4) is 0 Å². The fraction of sp³-hybridized carbons (Fsp3) is 0.467. The smallest absolute Gasteiger partial charge is 0.337 e. The molecule has 0 aliphatic rings. The summed E-state index contributed by atoms with van der Waals surface area (Å²) in [5.41, 5.74) is 1.50. The first-order chi connectivity index (χ1) is 9.82. The zero-order chi connectivity index (χ0) is 15.7. The second-order valence-corrected chi connectivity index (χ2v) is 7.04. The molecular formula is C15H20N2O3S. The largest absolute Gasteiger partial charge is 0.478 e. The molecule has 2 rings (SSSR count). The zero-order valence-corrected chi connectivity index (χ0v) is 13.5. The van der Waals surface area contributed by atoms with E-state index in [1.54, 1.807) is 18.4 Å². The Hall–Kier alpha value is -1.69. The molecule has 2 aromatic rings. The van der Waals surface area contributed by atoms with E-state index < -0.39 is 16.8 Å². The Morgan fingerprint density at radius 1 is 1.38 bits per heavy atom. The summed E-state index contributed by atoms with van der Waals surface area (Å²) in [6.45, 7) is 6.03. The van der Waals surface area contributed by atoms with Gasteiger partial charge in [-0.25, -0.2) is 9.78 Å². The van der Waals surface area contributed by atoms with Gasteiger partial charge in [-0.05, 0) is 19.1 Å². The summed E-state index contributed by atoms with van der Waals surface area (Å²) in [5.74, 6) is 0.526. The topological polar surface area (TPSA) is 72.2 Å². The van der Waals surface area contributed by atoms with Crippen LogP contribution in [0.4, 0.5) is 0 Å². The summed E-state index contributed by atoms with van der Waals surface area (Å²) in [6.07, 6.45) is 1.67. The zero-order valence-electron chi connectivity index (χ0n) is 12.7. The van der Waals surface area contributed by atoms with Gasteiger partial charge in [0.1, 0.15) is 11.3 Å². The number of para-hydroxylation sites is 1. The molecule has 1 heterocycles. The van der Waals surface area contributed by atoms with Gasteiger partial charge in [0, 0.05) is 34.8 Å². The number of fused-ring (bicyclic) bond motifs is 1. The van der Waals surface area contributed by atoms with Crippen molar-refractivity contribution in [1.82, 2.24) is 9.55 Å². The highest BCUT2D eigenvalue weighted by Gasteiger charge is 2.21. The molecule has 2 unspecified atom stereocenters. The third kappa shape index (κ3) is 3.00. The number of carboxylic acids is 1. The molecule has 1 aromatic heterocycles. The maximum atomic E-state index is 11.5. The minimum absolute atomic E-state index is 0.00211. The van der Waals surface area contributed by atoms with Gasteiger partial charge in [0.2, 0.25) is 0 Å². The molecule has 21 heavy (non-hydrogen) atoms. The fourth-order valence-electron chi connectivity index (χ4n) is 2.59. The highest BCUT2D eigenvalue weighted by molar-refractivity contribution is 7.84. The van der Waals surface area contributed by atoms with Gasteiger partial charge in [-0.15, -0.1) is 0 Å². The lowest BCUT2D eigenvalue weighted by Crippen LogP contribution is -2.16. The molecule has 2 atom stereocenters. The third-order valence-electron chi connectivity index (χ3n) is 3.41. The van der Waals surface area contributed by atoms with Gasteiger partial charge in [-0.3, -0.25) is 4.21 Å². The molecule has 114 valence electrons. The minimum atomic E-state index is -0.979. The molecule has 0 aliphatic carbocycles. The van der Waals surface area contributed by atoms with E-state index in [1.165, 1.54) is 0 Å². The van der Waals surface area contributed by atoms with Crippen LogP contribution in [0.5, 0.6) is 0 Å². The van der Waals surface area contributed by atoms with Crippen molar-refractivity contribution in [2.45, 2.75) is 32.7 Å². The van der Waals surface area contributed by atoms with E-state index in [9.17, 15) is 14.1 Å². The lowest BCUT2D eigenvalue weighted by molar-refractivity contribution is 0.0699. The quantitative estimate of drug-likeness (QED) is 0.922. The van der Waals surface area contributed by atoms with Crippen LogP contribution in [0.2, 0.25) is 0 Å². The molecular weight excluding hydrogens is 288 g/mol. The number of aromatic nitrogens is 2. The minimum Gasteiger partial charge on any atom is -0.478 e. The molecule has 1 aromatic carbocycles. The van der Waals surface area contributed by atoms with Crippen LogP contribution >= 0.6 is 0 Å². The van der Waals surface area contributed by atoms with Crippen LogP contribution in [0.1, 0.15) is 48.9 Å². The molecule has 0 fully saturated rings. The van der Waals surface area contributed by atoms with Crippen molar-refractivity contribution in [1.29, 1.82) is 0 Å². The van der Waals surface area contributed by atoms with E-state index in [0.717, 1.165) is 11.3 Å². The molecule has 6 heteroatoms. The first kappa shape index (κ1) is 15.7. The number of imidazole rings is 1. The molecule has 0 amide bonds. The highest BCUT2D eigenvalue weighted by Crippen LogP contribution is 2.28. The average Bonchev–Trinajstić information content (AvgIpc) is 2.76. The SMILES string of the molecule is CC(C)c1nc2c(C(=O)O)cccc2n1C(C)CS(C)=O. The molecule has 0 saturated carbocycles.